The Balaban J connectivity index is 1.72. The highest BCUT2D eigenvalue weighted by molar-refractivity contribution is 9.10. The number of halogens is 2. The molecule has 0 fully saturated rings. The number of nitrogens with one attached hydrogen (secondary N) is 1. The van der Waals surface area contributed by atoms with E-state index < -0.39 is 0 Å². The molecule has 0 amide bonds. The van der Waals surface area contributed by atoms with Gasteiger partial charge in [0.15, 0.2) is 0 Å². The average Bonchev–Trinajstić information content (AvgIpc) is 3.06. The van der Waals surface area contributed by atoms with Crippen LogP contribution in [0.2, 0.25) is 0 Å². The molecule has 0 spiro atoms. The first-order valence-corrected chi connectivity index (χ1v) is 9.45. The normalized spacial score (nSPS) is 15.9. The van der Waals surface area contributed by atoms with Crippen LogP contribution in [0.1, 0.15) is 17.2 Å². The van der Waals surface area contributed by atoms with Gasteiger partial charge in [-0.3, -0.25) is 4.57 Å². The number of allylic oxidation sites excluding steroid dienone is 1. The summed E-state index contributed by atoms with van der Waals surface area (Å²) < 4.78 is 16.6. The number of para-hydroxylation sites is 2. The van der Waals surface area contributed by atoms with E-state index in [1.165, 1.54) is 12.1 Å². The molecule has 0 saturated carbocycles. The Bertz CT molecular complexity index is 1180. The van der Waals surface area contributed by atoms with Crippen LogP contribution in [-0.2, 0) is 0 Å². The van der Waals surface area contributed by atoms with Crippen molar-refractivity contribution in [3.8, 4) is 0 Å². The molecule has 4 aromatic rings. The molecule has 0 saturated heterocycles. The van der Waals surface area contributed by atoms with Crippen LogP contribution in [0.15, 0.2) is 83.3 Å². The number of aromatic nitrogens is 2. The summed E-state index contributed by atoms with van der Waals surface area (Å²) in [5.74, 6) is 0.536. The lowest BCUT2D eigenvalue weighted by atomic mass is 10.0. The maximum absolute atomic E-state index is 13.4. The molecule has 0 bridgehead atoms. The monoisotopic (exact) mass is 419 g/mol. The molecule has 1 aliphatic rings. The Kier molecular flexibility index (Phi) is 3.83. The molecule has 3 aromatic carbocycles. The Labute approximate surface area is 164 Å². The Hall–Kier alpha value is -2.92. The van der Waals surface area contributed by atoms with Gasteiger partial charge in [0, 0.05) is 10.2 Å². The molecule has 3 nitrogen and oxygen atoms in total. The molecule has 0 radical (unpaired) electrons. The molecular formula is C22H15BrFN3. The predicted octanol–water partition coefficient (Wildman–Crippen LogP) is 5.99. The molecule has 1 aromatic heterocycles. The first-order chi connectivity index (χ1) is 13.2. The van der Waals surface area contributed by atoms with Crippen molar-refractivity contribution in [2.45, 2.75) is 6.04 Å². The first-order valence-electron chi connectivity index (χ1n) is 8.66. The van der Waals surface area contributed by atoms with Gasteiger partial charge in [0.25, 0.3) is 0 Å². The van der Waals surface area contributed by atoms with Gasteiger partial charge in [-0.25, -0.2) is 9.37 Å². The van der Waals surface area contributed by atoms with Crippen LogP contribution >= 0.6 is 15.9 Å². The highest BCUT2D eigenvalue weighted by Crippen LogP contribution is 2.37. The van der Waals surface area contributed by atoms with Gasteiger partial charge in [0.05, 0.1) is 17.1 Å². The molecule has 0 unspecified atom stereocenters. The maximum Gasteiger partial charge on any atom is 0.209 e. The minimum atomic E-state index is -0.245. The Morgan fingerprint density at radius 2 is 1.78 bits per heavy atom. The van der Waals surface area contributed by atoms with Gasteiger partial charge in [-0.05, 0) is 65.7 Å². The lowest BCUT2D eigenvalue weighted by molar-refractivity contribution is 0.627. The zero-order chi connectivity index (χ0) is 18.4. The number of fused-ring (bicyclic) bond motifs is 3. The summed E-state index contributed by atoms with van der Waals surface area (Å²) in [4.78, 5) is 4.77. The molecule has 5 heteroatoms. The zero-order valence-electron chi connectivity index (χ0n) is 14.2. The number of nitrogens with zero attached hydrogens (tertiary/aromatic N) is 2. The van der Waals surface area contributed by atoms with Crippen molar-refractivity contribution in [2.75, 3.05) is 5.32 Å². The van der Waals surface area contributed by atoms with Gasteiger partial charge in [0.2, 0.25) is 5.95 Å². The van der Waals surface area contributed by atoms with Gasteiger partial charge in [0.1, 0.15) is 5.82 Å². The van der Waals surface area contributed by atoms with Gasteiger partial charge in [-0.1, -0.05) is 40.2 Å². The van der Waals surface area contributed by atoms with E-state index in [4.69, 9.17) is 4.98 Å². The van der Waals surface area contributed by atoms with Crippen LogP contribution in [-0.4, -0.2) is 9.55 Å². The molecule has 27 heavy (non-hydrogen) atoms. The predicted molar refractivity (Wildman–Crippen MR) is 110 cm³/mol. The van der Waals surface area contributed by atoms with Crippen LogP contribution in [0.3, 0.4) is 0 Å². The molecule has 1 aliphatic heterocycles. The SMILES string of the molecule is Fc1ccc(C2=C[C@H](c3cccc(Br)c3)n3c(nc4ccccc43)N2)cc1. The van der Waals surface area contributed by atoms with Crippen molar-refractivity contribution in [3.05, 3.63) is 100 Å². The topological polar surface area (TPSA) is 29.9 Å². The Morgan fingerprint density at radius 3 is 2.59 bits per heavy atom. The second-order valence-corrected chi connectivity index (χ2v) is 7.42. The minimum absolute atomic E-state index is 0.0220. The molecule has 0 aliphatic carbocycles. The summed E-state index contributed by atoms with van der Waals surface area (Å²) in [6.07, 6.45) is 2.16. The molecule has 1 N–H and O–H groups in total. The fourth-order valence-corrected chi connectivity index (χ4v) is 3.96. The van der Waals surface area contributed by atoms with Crippen molar-refractivity contribution in [1.82, 2.24) is 9.55 Å². The maximum atomic E-state index is 13.4. The van der Waals surface area contributed by atoms with E-state index >= 15 is 0 Å². The van der Waals surface area contributed by atoms with Gasteiger partial charge in [-0.15, -0.1) is 0 Å². The smallest absolute Gasteiger partial charge is 0.209 e. The number of hydrogen-bond donors (Lipinski definition) is 1. The lowest BCUT2D eigenvalue weighted by Gasteiger charge is -2.26. The minimum Gasteiger partial charge on any atom is -0.325 e. The van der Waals surface area contributed by atoms with Crippen LogP contribution in [0.4, 0.5) is 10.3 Å². The quantitative estimate of drug-likeness (QED) is 0.432. The van der Waals surface area contributed by atoms with E-state index in [2.05, 4.69) is 50.1 Å². The van der Waals surface area contributed by atoms with E-state index in [-0.39, 0.29) is 11.9 Å². The largest absolute Gasteiger partial charge is 0.325 e. The summed E-state index contributed by atoms with van der Waals surface area (Å²) in [5.41, 5.74) is 5.00. The van der Waals surface area contributed by atoms with Crippen LogP contribution in [0.5, 0.6) is 0 Å². The van der Waals surface area contributed by atoms with Crippen LogP contribution in [0.25, 0.3) is 16.7 Å². The summed E-state index contributed by atoms with van der Waals surface area (Å²) in [6, 6.07) is 22.9. The highest BCUT2D eigenvalue weighted by atomic mass is 79.9. The van der Waals surface area contributed by atoms with E-state index in [0.29, 0.717) is 0 Å². The number of rotatable bonds is 2. The third kappa shape index (κ3) is 2.84. The number of hydrogen-bond acceptors (Lipinski definition) is 2. The Morgan fingerprint density at radius 1 is 0.963 bits per heavy atom. The van der Waals surface area contributed by atoms with Crippen molar-refractivity contribution in [1.29, 1.82) is 0 Å². The molecule has 2 heterocycles. The summed E-state index contributed by atoms with van der Waals surface area (Å²) >= 11 is 3.57. The van der Waals surface area contributed by atoms with Crippen molar-refractivity contribution >= 4 is 38.6 Å². The number of anilines is 1. The van der Waals surface area contributed by atoms with Gasteiger partial charge in [-0.2, -0.15) is 0 Å². The second kappa shape index (κ2) is 6.35. The van der Waals surface area contributed by atoms with E-state index in [0.717, 1.165) is 38.3 Å². The fourth-order valence-electron chi connectivity index (χ4n) is 3.54. The van der Waals surface area contributed by atoms with Crippen molar-refractivity contribution < 1.29 is 4.39 Å². The van der Waals surface area contributed by atoms with Gasteiger partial charge >= 0.3 is 0 Å². The number of imidazole rings is 1. The standard InChI is InChI=1S/C22H15BrFN3/c23-16-5-3-4-15(12-16)21-13-19(14-8-10-17(24)11-9-14)26-22-25-18-6-1-2-7-20(18)27(21)22/h1-13,21H,(H,25,26)/t21-/m1/s1. The van der Waals surface area contributed by atoms with Crippen molar-refractivity contribution in [2.24, 2.45) is 0 Å². The average molecular weight is 420 g/mol. The fraction of sp³-hybridized carbons (Fsp3) is 0.0455. The highest BCUT2D eigenvalue weighted by Gasteiger charge is 2.25. The van der Waals surface area contributed by atoms with E-state index in [1.54, 1.807) is 12.1 Å². The molecule has 132 valence electrons. The first kappa shape index (κ1) is 16.3. The second-order valence-electron chi connectivity index (χ2n) is 6.51. The van der Waals surface area contributed by atoms with Crippen LogP contribution < -0.4 is 5.32 Å². The molecule has 1 atom stereocenters. The molecular weight excluding hydrogens is 405 g/mol. The van der Waals surface area contributed by atoms with Crippen LogP contribution in [0, 0.1) is 5.82 Å². The number of benzene rings is 3. The zero-order valence-corrected chi connectivity index (χ0v) is 15.8. The van der Waals surface area contributed by atoms with E-state index in [9.17, 15) is 4.39 Å². The van der Waals surface area contributed by atoms with E-state index in [1.807, 2.05) is 30.3 Å². The molecule has 5 rings (SSSR count). The lowest BCUT2D eigenvalue weighted by Crippen LogP contribution is -2.19. The summed E-state index contributed by atoms with van der Waals surface area (Å²) in [7, 11) is 0. The van der Waals surface area contributed by atoms with Gasteiger partial charge < -0.3 is 5.32 Å². The summed E-state index contributed by atoms with van der Waals surface area (Å²) in [5, 5.41) is 3.42. The van der Waals surface area contributed by atoms with Crippen molar-refractivity contribution in [3.63, 3.8) is 0 Å². The third-order valence-corrected chi connectivity index (χ3v) is 5.28. The third-order valence-electron chi connectivity index (χ3n) is 4.79. The summed E-state index contributed by atoms with van der Waals surface area (Å²) in [6.45, 7) is 0.